The van der Waals surface area contributed by atoms with Gasteiger partial charge >= 0.3 is 5.97 Å². The zero-order chi connectivity index (χ0) is 13.0. The number of para-hydroxylation sites is 1. The van der Waals surface area contributed by atoms with Crippen molar-refractivity contribution in [3.8, 4) is 11.5 Å². The first-order chi connectivity index (χ1) is 8.72. The molecule has 98 valence electrons. The molecule has 0 saturated heterocycles. The topological polar surface area (TPSA) is 77.0 Å². The van der Waals surface area contributed by atoms with Crippen LogP contribution < -0.4 is 14.8 Å². The van der Waals surface area contributed by atoms with Crippen LogP contribution in [0.5, 0.6) is 11.5 Å². The average molecular weight is 253 g/mol. The minimum Gasteiger partial charge on any atom is -0.480 e. The van der Waals surface area contributed by atoms with E-state index in [1.54, 1.807) is 0 Å². The number of ether oxygens (including phenoxy) is 3. The number of carbonyl (C=O) groups is 1. The molecule has 1 heterocycles. The van der Waals surface area contributed by atoms with E-state index in [1.165, 1.54) is 7.11 Å². The fourth-order valence-electron chi connectivity index (χ4n) is 1.75. The van der Waals surface area contributed by atoms with Crippen molar-refractivity contribution in [2.75, 3.05) is 20.5 Å². The zero-order valence-corrected chi connectivity index (χ0v) is 10.0. The van der Waals surface area contributed by atoms with Crippen LogP contribution in [-0.4, -0.2) is 37.6 Å². The Hall–Kier alpha value is -1.79. The highest BCUT2D eigenvalue weighted by atomic mass is 16.7. The first-order valence-corrected chi connectivity index (χ1v) is 5.55. The maximum absolute atomic E-state index is 10.9. The SMILES string of the molecule is COCC(NCc1cccc2c1OCO2)C(=O)O. The van der Waals surface area contributed by atoms with Crippen LogP contribution in [0, 0.1) is 0 Å². The summed E-state index contributed by atoms with van der Waals surface area (Å²) in [5.74, 6) is 0.418. The molecule has 0 bridgehead atoms. The highest BCUT2D eigenvalue weighted by molar-refractivity contribution is 5.73. The molecule has 0 radical (unpaired) electrons. The number of hydrogen-bond donors (Lipinski definition) is 2. The van der Waals surface area contributed by atoms with E-state index in [1.807, 2.05) is 18.2 Å². The van der Waals surface area contributed by atoms with Gasteiger partial charge in [0.25, 0.3) is 0 Å². The van der Waals surface area contributed by atoms with E-state index in [0.717, 1.165) is 5.56 Å². The number of aliphatic carboxylic acids is 1. The van der Waals surface area contributed by atoms with Gasteiger partial charge in [-0.2, -0.15) is 0 Å². The number of carboxylic acids is 1. The molecule has 0 spiro atoms. The van der Waals surface area contributed by atoms with Crippen LogP contribution in [-0.2, 0) is 16.1 Å². The molecule has 1 aliphatic rings. The Labute approximate surface area is 104 Å². The molecule has 6 nitrogen and oxygen atoms in total. The van der Waals surface area contributed by atoms with Gasteiger partial charge in [0.05, 0.1) is 6.61 Å². The van der Waals surface area contributed by atoms with Gasteiger partial charge in [-0.05, 0) is 6.07 Å². The van der Waals surface area contributed by atoms with Crippen molar-refractivity contribution in [3.05, 3.63) is 23.8 Å². The Kier molecular flexibility index (Phi) is 4.01. The van der Waals surface area contributed by atoms with Crippen LogP contribution in [0.2, 0.25) is 0 Å². The minimum absolute atomic E-state index is 0.113. The molecule has 2 N–H and O–H groups in total. The van der Waals surface area contributed by atoms with Gasteiger partial charge < -0.3 is 19.3 Å². The van der Waals surface area contributed by atoms with E-state index in [0.29, 0.717) is 18.0 Å². The van der Waals surface area contributed by atoms with Crippen molar-refractivity contribution in [3.63, 3.8) is 0 Å². The summed E-state index contributed by atoms with van der Waals surface area (Å²) in [6, 6.07) is 4.78. The van der Waals surface area contributed by atoms with Gasteiger partial charge in [-0.25, -0.2) is 0 Å². The van der Waals surface area contributed by atoms with Crippen molar-refractivity contribution in [2.24, 2.45) is 0 Å². The van der Waals surface area contributed by atoms with Gasteiger partial charge in [0.1, 0.15) is 6.04 Å². The zero-order valence-electron chi connectivity index (χ0n) is 10.0. The second-order valence-electron chi connectivity index (χ2n) is 3.88. The standard InChI is InChI=1S/C12H15NO5/c1-16-6-9(12(14)15)13-5-8-3-2-4-10-11(8)18-7-17-10/h2-4,9,13H,5-7H2,1H3,(H,14,15). The van der Waals surface area contributed by atoms with Crippen molar-refractivity contribution >= 4 is 5.97 Å². The minimum atomic E-state index is -0.943. The smallest absolute Gasteiger partial charge is 0.323 e. The maximum Gasteiger partial charge on any atom is 0.323 e. The number of benzene rings is 1. The number of fused-ring (bicyclic) bond motifs is 1. The summed E-state index contributed by atoms with van der Waals surface area (Å²) in [6.07, 6.45) is 0. The molecule has 0 aromatic heterocycles. The fraction of sp³-hybridized carbons (Fsp3) is 0.417. The van der Waals surface area contributed by atoms with Crippen molar-refractivity contribution in [1.29, 1.82) is 0 Å². The molecule has 1 atom stereocenters. The average Bonchev–Trinajstić information content (AvgIpc) is 2.82. The molecule has 1 unspecified atom stereocenters. The van der Waals surface area contributed by atoms with E-state index in [-0.39, 0.29) is 13.4 Å². The predicted octanol–water partition coefficient (Wildman–Crippen LogP) is 0.605. The maximum atomic E-state index is 10.9. The summed E-state index contributed by atoms with van der Waals surface area (Å²) in [5, 5.41) is 11.9. The molecule has 0 saturated carbocycles. The summed E-state index contributed by atoms with van der Waals surface area (Å²) < 4.78 is 15.4. The molecule has 0 aliphatic carbocycles. The highest BCUT2D eigenvalue weighted by Gasteiger charge is 2.20. The lowest BCUT2D eigenvalue weighted by atomic mass is 10.1. The number of hydrogen-bond acceptors (Lipinski definition) is 5. The van der Waals surface area contributed by atoms with Crippen LogP contribution >= 0.6 is 0 Å². The van der Waals surface area contributed by atoms with Gasteiger partial charge in [0.2, 0.25) is 6.79 Å². The van der Waals surface area contributed by atoms with Crippen LogP contribution in [0.25, 0.3) is 0 Å². The number of methoxy groups -OCH3 is 1. The molecule has 2 rings (SSSR count). The Morgan fingerprint density at radius 3 is 3.11 bits per heavy atom. The quantitative estimate of drug-likeness (QED) is 0.773. The summed E-state index contributed by atoms with van der Waals surface area (Å²) >= 11 is 0. The monoisotopic (exact) mass is 253 g/mol. The Morgan fingerprint density at radius 2 is 2.39 bits per heavy atom. The van der Waals surface area contributed by atoms with Crippen molar-refractivity contribution < 1.29 is 24.1 Å². The van der Waals surface area contributed by atoms with Gasteiger partial charge in [-0.1, -0.05) is 12.1 Å². The van der Waals surface area contributed by atoms with Crippen molar-refractivity contribution in [1.82, 2.24) is 5.32 Å². The summed E-state index contributed by atoms with van der Waals surface area (Å²) in [4.78, 5) is 10.9. The van der Waals surface area contributed by atoms with Gasteiger partial charge in [-0.3, -0.25) is 10.1 Å². The number of carboxylic acid groups (broad SMARTS) is 1. The van der Waals surface area contributed by atoms with E-state index in [4.69, 9.17) is 19.3 Å². The lowest BCUT2D eigenvalue weighted by Gasteiger charge is -2.14. The molecule has 1 aromatic carbocycles. The first-order valence-electron chi connectivity index (χ1n) is 5.55. The fourth-order valence-corrected chi connectivity index (χ4v) is 1.75. The second kappa shape index (κ2) is 5.70. The normalized spacial score (nSPS) is 14.5. The largest absolute Gasteiger partial charge is 0.480 e. The van der Waals surface area contributed by atoms with E-state index >= 15 is 0 Å². The molecule has 0 fully saturated rings. The number of nitrogens with one attached hydrogen (secondary N) is 1. The summed E-state index contributed by atoms with van der Waals surface area (Å²) in [7, 11) is 1.47. The summed E-state index contributed by atoms with van der Waals surface area (Å²) in [6.45, 7) is 0.696. The third-order valence-electron chi connectivity index (χ3n) is 2.65. The van der Waals surface area contributed by atoms with E-state index in [2.05, 4.69) is 5.32 Å². The van der Waals surface area contributed by atoms with Crippen LogP contribution in [0.1, 0.15) is 5.56 Å². The van der Waals surface area contributed by atoms with E-state index in [9.17, 15) is 4.79 Å². The lowest BCUT2D eigenvalue weighted by molar-refractivity contribution is -0.140. The number of rotatable bonds is 6. The molecular weight excluding hydrogens is 238 g/mol. The van der Waals surface area contributed by atoms with Crippen molar-refractivity contribution in [2.45, 2.75) is 12.6 Å². The molecular formula is C12H15NO5. The molecule has 1 aromatic rings. The third-order valence-corrected chi connectivity index (χ3v) is 2.65. The molecule has 1 aliphatic heterocycles. The summed E-state index contributed by atoms with van der Waals surface area (Å²) in [5.41, 5.74) is 0.868. The Bertz CT molecular complexity index is 434. The highest BCUT2D eigenvalue weighted by Crippen LogP contribution is 2.35. The third kappa shape index (κ3) is 2.72. The van der Waals surface area contributed by atoms with Gasteiger partial charge in [-0.15, -0.1) is 0 Å². The van der Waals surface area contributed by atoms with Gasteiger partial charge in [0.15, 0.2) is 11.5 Å². The molecule has 18 heavy (non-hydrogen) atoms. The molecule has 0 amide bonds. The van der Waals surface area contributed by atoms with Gasteiger partial charge in [0, 0.05) is 19.2 Å². The second-order valence-corrected chi connectivity index (χ2v) is 3.88. The van der Waals surface area contributed by atoms with E-state index < -0.39 is 12.0 Å². The van der Waals surface area contributed by atoms with Crippen LogP contribution in [0.3, 0.4) is 0 Å². The van der Waals surface area contributed by atoms with Crippen LogP contribution in [0.15, 0.2) is 18.2 Å². The Morgan fingerprint density at radius 1 is 1.56 bits per heavy atom. The van der Waals surface area contributed by atoms with Crippen LogP contribution in [0.4, 0.5) is 0 Å². The predicted molar refractivity (Wildman–Crippen MR) is 62.7 cm³/mol. The first kappa shape index (κ1) is 12.7. The molecule has 6 heteroatoms. The lowest BCUT2D eigenvalue weighted by Crippen LogP contribution is -2.39. The Balaban J connectivity index is 2.01.